The maximum atomic E-state index is 11.9. The lowest BCUT2D eigenvalue weighted by molar-refractivity contribution is -0.116. The number of benzene rings is 1. The molecule has 1 heterocycles. The molecule has 0 radical (unpaired) electrons. The van der Waals surface area contributed by atoms with Gasteiger partial charge in [-0.05, 0) is 30.9 Å². The minimum Gasteiger partial charge on any atom is -0.309 e. The number of rotatable bonds is 6. The molecular formula is C16H21N3O. The van der Waals surface area contributed by atoms with E-state index < -0.39 is 0 Å². The lowest BCUT2D eigenvalue weighted by Gasteiger charge is -2.05. The lowest BCUT2D eigenvalue weighted by Crippen LogP contribution is -2.12. The molecule has 0 fully saturated rings. The molecular weight excluding hydrogens is 250 g/mol. The fraction of sp³-hybridized carbons (Fsp3) is 0.375. The van der Waals surface area contributed by atoms with Crippen molar-refractivity contribution in [2.45, 2.75) is 39.5 Å². The number of H-pyrrole nitrogens is 1. The van der Waals surface area contributed by atoms with E-state index in [1.54, 1.807) is 0 Å². The zero-order valence-electron chi connectivity index (χ0n) is 12.1. The van der Waals surface area contributed by atoms with E-state index in [4.69, 9.17) is 0 Å². The molecule has 0 aliphatic rings. The molecule has 0 bridgehead atoms. The number of aryl methyl sites for hydroxylation is 3. The summed E-state index contributed by atoms with van der Waals surface area (Å²) < 4.78 is 0. The fourth-order valence-corrected chi connectivity index (χ4v) is 2.17. The van der Waals surface area contributed by atoms with E-state index in [9.17, 15) is 4.79 Å². The molecule has 1 aromatic heterocycles. The number of amides is 1. The molecule has 2 rings (SSSR count). The number of aromatic amines is 1. The Bertz CT molecular complexity index is 575. The molecule has 4 nitrogen and oxygen atoms in total. The first-order valence-corrected chi connectivity index (χ1v) is 7.07. The molecule has 1 amide bonds. The van der Waals surface area contributed by atoms with Gasteiger partial charge in [0.15, 0.2) is 5.82 Å². The van der Waals surface area contributed by atoms with Gasteiger partial charge in [-0.3, -0.25) is 9.89 Å². The molecule has 4 heteroatoms. The Morgan fingerprint density at radius 1 is 1.30 bits per heavy atom. The number of hydrogen-bond donors (Lipinski definition) is 2. The Kier molecular flexibility index (Phi) is 4.93. The van der Waals surface area contributed by atoms with Gasteiger partial charge in [-0.25, -0.2) is 0 Å². The van der Waals surface area contributed by atoms with Gasteiger partial charge < -0.3 is 5.32 Å². The number of carbonyl (C=O) groups excluding carboxylic acids is 1. The van der Waals surface area contributed by atoms with Crippen LogP contribution in [-0.4, -0.2) is 16.1 Å². The van der Waals surface area contributed by atoms with Crippen molar-refractivity contribution in [3.05, 3.63) is 47.2 Å². The quantitative estimate of drug-likeness (QED) is 0.847. The molecule has 2 N–H and O–H groups in total. The van der Waals surface area contributed by atoms with E-state index in [2.05, 4.69) is 41.5 Å². The molecule has 0 spiro atoms. The number of aromatic nitrogens is 2. The fourth-order valence-electron chi connectivity index (χ4n) is 2.17. The highest BCUT2D eigenvalue weighted by molar-refractivity contribution is 5.89. The Balaban J connectivity index is 1.84. The van der Waals surface area contributed by atoms with Crippen molar-refractivity contribution in [1.29, 1.82) is 0 Å². The van der Waals surface area contributed by atoms with E-state index in [0.717, 1.165) is 25.0 Å². The van der Waals surface area contributed by atoms with Crippen molar-refractivity contribution in [2.24, 2.45) is 0 Å². The molecule has 0 saturated heterocycles. The second-order valence-electron chi connectivity index (χ2n) is 5.00. The van der Waals surface area contributed by atoms with E-state index in [-0.39, 0.29) is 5.91 Å². The van der Waals surface area contributed by atoms with E-state index >= 15 is 0 Å². The summed E-state index contributed by atoms with van der Waals surface area (Å²) in [5.74, 6) is 0.617. The average Bonchev–Trinajstić information content (AvgIpc) is 2.85. The summed E-state index contributed by atoms with van der Waals surface area (Å²) in [4.78, 5) is 11.9. The van der Waals surface area contributed by atoms with Crippen LogP contribution >= 0.6 is 0 Å². The molecule has 2 aromatic rings. The maximum Gasteiger partial charge on any atom is 0.225 e. The van der Waals surface area contributed by atoms with Crippen molar-refractivity contribution in [3.8, 4) is 0 Å². The summed E-state index contributed by atoms with van der Waals surface area (Å²) in [6, 6.07) is 10.0. The van der Waals surface area contributed by atoms with Gasteiger partial charge in [-0.2, -0.15) is 5.10 Å². The van der Waals surface area contributed by atoms with Crippen LogP contribution in [0.3, 0.4) is 0 Å². The predicted molar refractivity (Wildman–Crippen MR) is 80.7 cm³/mol. The van der Waals surface area contributed by atoms with E-state index in [1.165, 1.54) is 11.1 Å². The maximum absolute atomic E-state index is 11.9. The number of anilines is 1. The normalized spacial score (nSPS) is 10.5. The smallest absolute Gasteiger partial charge is 0.225 e. The SMILES string of the molecule is CCCc1cc(NC(=O)CCc2ccccc2C)n[nH]1. The second-order valence-corrected chi connectivity index (χ2v) is 5.00. The first kappa shape index (κ1) is 14.3. The zero-order valence-corrected chi connectivity index (χ0v) is 12.1. The van der Waals surface area contributed by atoms with Crippen molar-refractivity contribution >= 4 is 11.7 Å². The first-order valence-electron chi connectivity index (χ1n) is 7.07. The third kappa shape index (κ3) is 3.95. The van der Waals surface area contributed by atoms with Crippen molar-refractivity contribution in [3.63, 3.8) is 0 Å². The van der Waals surface area contributed by atoms with Gasteiger partial charge in [0, 0.05) is 18.2 Å². The van der Waals surface area contributed by atoms with Crippen LogP contribution in [0.1, 0.15) is 36.6 Å². The Labute approximate surface area is 119 Å². The Morgan fingerprint density at radius 3 is 2.85 bits per heavy atom. The Hall–Kier alpha value is -2.10. The average molecular weight is 271 g/mol. The standard InChI is InChI=1S/C16H21N3O/c1-3-6-14-11-15(19-18-14)17-16(20)10-9-13-8-5-4-7-12(13)2/h4-5,7-8,11H,3,6,9-10H2,1-2H3,(H2,17,18,19,20). The highest BCUT2D eigenvalue weighted by Gasteiger charge is 2.07. The van der Waals surface area contributed by atoms with Gasteiger partial charge in [0.2, 0.25) is 5.91 Å². The number of nitrogens with one attached hydrogen (secondary N) is 2. The first-order chi connectivity index (χ1) is 9.69. The summed E-state index contributed by atoms with van der Waals surface area (Å²) in [5, 5.41) is 9.85. The van der Waals surface area contributed by atoms with Crippen LogP contribution in [0.2, 0.25) is 0 Å². The van der Waals surface area contributed by atoms with Crippen LogP contribution in [0.15, 0.2) is 30.3 Å². The largest absolute Gasteiger partial charge is 0.309 e. The highest BCUT2D eigenvalue weighted by Crippen LogP contribution is 2.11. The molecule has 0 aliphatic heterocycles. The lowest BCUT2D eigenvalue weighted by atomic mass is 10.0. The third-order valence-electron chi connectivity index (χ3n) is 3.30. The molecule has 0 unspecified atom stereocenters. The van der Waals surface area contributed by atoms with E-state index in [1.807, 2.05) is 18.2 Å². The van der Waals surface area contributed by atoms with Crippen LogP contribution in [0.25, 0.3) is 0 Å². The molecule has 1 aromatic carbocycles. The summed E-state index contributed by atoms with van der Waals surface area (Å²) >= 11 is 0. The predicted octanol–water partition coefficient (Wildman–Crippen LogP) is 3.24. The number of hydrogen-bond acceptors (Lipinski definition) is 2. The van der Waals surface area contributed by atoms with Crippen molar-refractivity contribution in [1.82, 2.24) is 10.2 Å². The van der Waals surface area contributed by atoms with Crippen molar-refractivity contribution < 1.29 is 4.79 Å². The molecule has 0 atom stereocenters. The van der Waals surface area contributed by atoms with Crippen LogP contribution < -0.4 is 5.32 Å². The summed E-state index contributed by atoms with van der Waals surface area (Å²) in [5.41, 5.74) is 3.50. The Morgan fingerprint density at radius 2 is 2.10 bits per heavy atom. The molecule has 106 valence electrons. The zero-order chi connectivity index (χ0) is 14.4. The minimum absolute atomic E-state index is 0.00259. The monoisotopic (exact) mass is 271 g/mol. The summed E-state index contributed by atoms with van der Waals surface area (Å²) in [7, 11) is 0. The van der Waals surface area contributed by atoms with Crippen LogP contribution in [0, 0.1) is 6.92 Å². The van der Waals surface area contributed by atoms with Crippen LogP contribution in [0.5, 0.6) is 0 Å². The molecule has 0 aliphatic carbocycles. The van der Waals surface area contributed by atoms with Crippen LogP contribution in [0.4, 0.5) is 5.82 Å². The number of nitrogens with zero attached hydrogens (tertiary/aromatic N) is 1. The van der Waals surface area contributed by atoms with Gasteiger partial charge in [0.05, 0.1) is 0 Å². The highest BCUT2D eigenvalue weighted by atomic mass is 16.1. The van der Waals surface area contributed by atoms with Crippen molar-refractivity contribution in [2.75, 3.05) is 5.32 Å². The minimum atomic E-state index is 0.00259. The van der Waals surface area contributed by atoms with Gasteiger partial charge in [-0.1, -0.05) is 37.6 Å². The molecule has 20 heavy (non-hydrogen) atoms. The summed E-state index contributed by atoms with van der Waals surface area (Å²) in [6.07, 6.45) is 3.24. The van der Waals surface area contributed by atoms with Gasteiger partial charge in [-0.15, -0.1) is 0 Å². The number of carbonyl (C=O) groups is 1. The van der Waals surface area contributed by atoms with Crippen LogP contribution in [-0.2, 0) is 17.6 Å². The van der Waals surface area contributed by atoms with Gasteiger partial charge in [0.25, 0.3) is 0 Å². The summed E-state index contributed by atoms with van der Waals surface area (Å²) in [6.45, 7) is 4.18. The van der Waals surface area contributed by atoms with Gasteiger partial charge >= 0.3 is 0 Å². The third-order valence-corrected chi connectivity index (χ3v) is 3.30. The topological polar surface area (TPSA) is 57.8 Å². The molecule has 0 saturated carbocycles. The van der Waals surface area contributed by atoms with E-state index in [0.29, 0.717) is 12.2 Å². The van der Waals surface area contributed by atoms with Gasteiger partial charge in [0.1, 0.15) is 0 Å². The second kappa shape index (κ2) is 6.89.